The van der Waals surface area contributed by atoms with Crippen LogP contribution in [0.5, 0.6) is 0 Å². The largest absolute Gasteiger partial charge is 0.299 e. The standard InChI is InChI=1S/C10H10N2.ClH/c1-12(2)10-7-3-4-9(10)8(5-7)6-11;/h3-5,10H,1-2H3;1H. The molecule has 0 fully saturated rings. The molecule has 0 N–H and O–H groups in total. The summed E-state index contributed by atoms with van der Waals surface area (Å²) in [7, 11) is 4.07. The van der Waals surface area contributed by atoms with Gasteiger partial charge in [0.05, 0.1) is 17.7 Å². The summed E-state index contributed by atoms with van der Waals surface area (Å²) in [6.45, 7) is 0. The second-order valence-electron chi connectivity index (χ2n) is 3.32. The molecule has 0 spiro atoms. The maximum atomic E-state index is 8.78. The molecule has 0 aromatic heterocycles. The van der Waals surface area contributed by atoms with Gasteiger partial charge in [-0.3, -0.25) is 4.90 Å². The molecule has 0 saturated carbocycles. The highest BCUT2D eigenvalue weighted by Gasteiger charge is 2.30. The van der Waals surface area contributed by atoms with Crippen molar-refractivity contribution in [2.24, 2.45) is 0 Å². The molecule has 68 valence electrons. The average molecular weight is 195 g/mol. The van der Waals surface area contributed by atoms with Crippen LogP contribution in [0.25, 0.3) is 0 Å². The Hall–Kier alpha value is -1.04. The van der Waals surface area contributed by atoms with Gasteiger partial charge in [0.25, 0.3) is 0 Å². The summed E-state index contributed by atoms with van der Waals surface area (Å²) in [6.07, 6.45) is 6.10. The number of likely N-dealkylation sites (N-methyl/N-ethyl adjacent to an activating group) is 1. The molecule has 2 aliphatic rings. The van der Waals surface area contributed by atoms with Crippen molar-refractivity contribution in [3.05, 3.63) is 34.9 Å². The Morgan fingerprint density at radius 1 is 1.38 bits per heavy atom. The van der Waals surface area contributed by atoms with E-state index in [1.165, 1.54) is 5.57 Å². The molecule has 2 aliphatic carbocycles. The third-order valence-electron chi connectivity index (χ3n) is 2.32. The topological polar surface area (TPSA) is 27.0 Å². The molecule has 0 aromatic carbocycles. The Bertz CT molecular complexity index is 356. The molecule has 0 heterocycles. The molecule has 1 unspecified atom stereocenters. The van der Waals surface area contributed by atoms with E-state index in [1.807, 2.05) is 26.2 Å². The summed E-state index contributed by atoms with van der Waals surface area (Å²) >= 11 is 0. The Morgan fingerprint density at radius 3 is 2.46 bits per heavy atom. The van der Waals surface area contributed by atoms with E-state index in [-0.39, 0.29) is 12.4 Å². The van der Waals surface area contributed by atoms with Crippen LogP contribution in [0.2, 0.25) is 0 Å². The van der Waals surface area contributed by atoms with E-state index < -0.39 is 0 Å². The third-order valence-corrected chi connectivity index (χ3v) is 2.32. The van der Waals surface area contributed by atoms with Crippen LogP contribution in [0.1, 0.15) is 0 Å². The van der Waals surface area contributed by atoms with Crippen molar-refractivity contribution in [1.82, 2.24) is 4.90 Å². The molecule has 0 aliphatic heterocycles. The van der Waals surface area contributed by atoms with Crippen molar-refractivity contribution < 1.29 is 0 Å². The van der Waals surface area contributed by atoms with Crippen LogP contribution in [-0.4, -0.2) is 25.0 Å². The van der Waals surface area contributed by atoms with Crippen LogP contribution in [0.4, 0.5) is 0 Å². The van der Waals surface area contributed by atoms with Crippen molar-refractivity contribution in [3.8, 4) is 6.07 Å². The molecule has 13 heavy (non-hydrogen) atoms. The zero-order chi connectivity index (χ0) is 8.72. The average Bonchev–Trinajstić information content (AvgIpc) is 2.59. The van der Waals surface area contributed by atoms with Crippen LogP contribution >= 0.6 is 12.4 Å². The summed E-state index contributed by atoms with van der Waals surface area (Å²) in [5, 5.41) is 8.78. The first-order chi connectivity index (χ1) is 5.74. The van der Waals surface area contributed by atoms with Gasteiger partial charge in [0, 0.05) is 0 Å². The van der Waals surface area contributed by atoms with E-state index in [2.05, 4.69) is 17.0 Å². The highest BCUT2D eigenvalue weighted by molar-refractivity contribution is 5.85. The van der Waals surface area contributed by atoms with Crippen molar-refractivity contribution in [3.63, 3.8) is 0 Å². The summed E-state index contributed by atoms with van der Waals surface area (Å²) in [4.78, 5) is 2.13. The smallest absolute Gasteiger partial charge is 0.0995 e. The molecule has 0 radical (unpaired) electrons. The lowest BCUT2D eigenvalue weighted by molar-refractivity contribution is 0.381. The highest BCUT2D eigenvalue weighted by Crippen LogP contribution is 2.35. The number of nitrogens with zero attached hydrogens (tertiary/aromatic N) is 2. The Morgan fingerprint density at radius 2 is 2.08 bits per heavy atom. The van der Waals surface area contributed by atoms with Gasteiger partial charge in [-0.2, -0.15) is 5.26 Å². The first kappa shape index (κ1) is 10.0. The van der Waals surface area contributed by atoms with Gasteiger partial charge in [-0.15, -0.1) is 12.4 Å². The summed E-state index contributed by atoms with van der Waals surface area (Å²) in [6, 6.07) is 2.54. The quantitative estimate of drug-likeness (QED) is 0.635. The van der Waals surface area contributed by atoms with Crippen molar-refractivity contribution in [2.75, 3.05) is 14.1 Å². The fourth-order valence-corrected chi connectivity index (χ4v) is 1.84. The second-order valence-corrected chi connectivity index (χ2v) is 3.32. The van der Waals surface area contributed by atoms with Crippen LogP contribution in [0.3, 0.4) is 0 Å². The van der Waals surface area contributed by atoms with Gasteiger partial charge in [0.2, 0.25) is 0 Å². The summed E-state index contributed by atoms with van der Waals surface area (Å²) in [5.41, 5.74) is 3.22. The Kier molecular flexibility index (Phi) is 2.60. The molecular weight excluding hydrogens is 184 g/mol. The lowest BCUT2D eigenvalue weighted by Gasteiger charge is -2.19. The number of rotatable bonds is 1. The SMILES string of the molecule is CN(C)C1C2=CC(C#N)=C1C=C2.Cl. The maximum Gasteiger partial charge on any atom is 0.0995 e. The minimum atomic E-state index is 0. The minimum absolute atomic E-state index is 0. The van der Waals surface area contributed by atoms with Crippen molar-refractivity contribution in [1.29, 1.82) is 5.26 Å². The molecule has 1 atom stereocenters. The Balaban J connectivity index is 0.000000845. The second kappa shape index (κ2) is 3.37. The minimum Gasteiger partial charge on any atom is -0.299 e. The van der Waals surface area contributed by atoms with E-state index in [0.717, 1.165) is 11.1 Å². The first-order valence-corrected chi connectivity index (χ1v) is 3.94. The monoisotopic (exact) mass is 194 g/mol. The number of hydrogen-bond donors (Lipinski definition) is 0. The van der Waals surface area contributed by atoms with E-state index in [0.29, 0.717) is 6.04 Å². The molecule has 2 rings (SSSR count). The van der Waals surface area contributed by atoms with Gasteiger partial charge >= 0.3 is 0 Å². The first-order valence-electron chi connectivity index (χ1n) is 3.94. The molecular formula is C10H11ClN2. The van der Waals surface area contributed by atoms with Crippen molar-refractivity contribution in [2.45, 2.75) is 6.04 Å². The Labute approximate surface area is 84.2 Å². The van der Waals surface area contributed by atoms with Crippen LogP contribution < -0.4 is 0 Å². The van der Waals surface area contributed by atoms with Crippen LogP contribution in [-0.2, 0) is 0 Å². The maximum absolute atomic E-state index is 8.78. The molecule has 0 amide bonds. The molecule has 2 nitrogen and oxygen atoms in total. The number of fused-ring (bicyclic) bond motifs is 2. The lowest BCUT2D eigenvalue weighted by Crippen LogP contribution is -2.26. The molecule has 3 heteroatoms. The van der Waals surface area contributed by atoms with Gasteiger partial charge in [0.15, 0.2) is 0 Å². The van der Waals surface area contributed by atoms with Gasteiger partial charge in [-0.1, -0.05) is 12.2 Å². The number of hydrogen-bond acceptors (Lipinski definition) is 2. The zero-order valence-electron chi connectivity index (χ0n) is 7.61. The molecule has 0 saturated heterocycles. The fraction of sp³-hybridized carbons (Fsp3) is 0.300. The van der Waals surface area contributed by atoms with E-state index >= 15 is 0 Å². The zero-order valence-corrected chi connectivity index (χ0v) is 8.43. The third kappa shape index (κ3) is 1.31. The normalized spacial score (nSPS) is 23.2. The van der Waals surface area contributed by atoms with Crippen LogP contribution in [0, 0.1) is 11.3 Å². The fourth-order valence-electron chi connectivity index (χ4n) is 1.84. The molecule has 0 aromatic rings. The van der Waals surface area contributed by atoms with E-state index in [9.17, 15) is 0 Å². The summed E-state index contributed by atoms with van der Waals surface area (Å²) in [5.74, 6) is 0. The van der Waals surface area contributed by atoms with Gasteiger partial charge in [-0.05, 0) is 31.3 Å². The number of halogens is 1. The predicted octanol–water partition coefficient (Wildman–Crippen LogP) is 1.67. The van der Waals surface area contributed by atoms with Gasteiger partial charge in [0.1, 0.15) is 0 Å². The van der Waals surface area contributed by atoms with E-state index in [4.69, 9.17) is 5.26 Å². The number of nitriles is 1. The molecule has 2 bridgehead atoms. The predicted molar refractivity (Wildman–Crippen MR) is 54.6 cm³/mol. The van der Waals surface area contributed by atoms with Gasteiger partial charge in [-0.25, -0.2) is 0 Å². The van der Waals surface area contributed by atoms with Crippen molar-refractivity contribution >= 4 is 12.4 Å². The van der Waals surface area contributed by atoms with Gasteiger partial charge < -0.3 is 0 Å². The van der Waals surface area contributed by atoms with Crippen LogP contribution in [0.15, 0.2) is 34.9 Å². The highest BCUT2D eigenvalue weighted by atomic mass is 35.5. The lowest BCUT2D eigenvalue weighted by atomic mass is 10.1. The van der Waals surface area contributed by atoms with E-state index in [1.54, 1.807) is 0 Å². The number of allylic oxidation sites excluding steroid dienone is 2. The summed E-state index contributed by atoms with van der Waals surface area (Å²) < 4.78 is 0.